The summed E-state index contributed by atoms with van der Waals surface area (Å²) >= 11 is 2.46. The maximum Gasteiger partial charge on any atom is 0.0771 e. The molecule has 0 bridgehead atoms. The zero-order chi connectivity index (χ0) is 8.16. The van der Waals surface area contributed by atoms with E-state index in [0.29, 0.717) is 0 Å². The second-order valence-corrected chi connectivity index (χ2v) is 4.14. The molecule has 0 heterocycles. The van der Waals surface area contributed by atoms with Crippen LogP contribution in [-0.4, -0.2) is 16.6 Å². The van der Waals surface area contributed by atoms with Gasteiger partial charge in [-0.2, -0.15) is 0 Å². The standard InChI is InChI=1S/C9H17IO/c1-2-7-11-9(8-10)5-3-4-6-9/h2-8H2,1H3. The maximum atomic E-state index is 5.88. The van der Waals surface area contributed by atoms with Gasteiger partial charge in [0.1, 0.15) is 0 Å². The molecule has 1 nitrogen and oxygen atoms in total. The van der Waals surface area contributed by atoms with Crippen molar-refractivity contribution in [3.8, 4) is 0 Å². The molecule has 1 saturated carbocycles. The van der Waals surface area contributed by atoms with Crippen molar-refractivity contribution in [3.63, 3.8) is 0 Å². The van der Waals surface area contributed by atoms with E-state index in [9.17, 15) is 0 Å². The first-order chi connectivity index (χ1) is 5.33. The van der Waals surface area contributed by atoms with Crippen LogP contribution in [0.1, 0.15) is 39.0 Å². The van der Waals surface area contributed by atoms with Gasteiger partial charge < -0.3 is 4.74 Å². The predicted octanol–water partition coefficient (Wildman–Crippen LogP) is 3.16. The van der Waals surface area contributed by atoms with Crippen LogP contribution in [0.3, 0.4) is 0 Å². The van der Waals surface area contributed by atoms with Gasteiger partial charge in [0.25, 0.3) is 0 Å². The van der Waals surface area contributed by atoms with Gasteiger partial charge in [-0.15, -0.1) is 0 Å². The predicted molar refractivity (Wildman–Crippen MR) is 56.3 cm³/mol. The molecule has 0 spiro atoms. The highest BCUT2D eigenvalue weighted by Crippen LogP contribution is 2.34. The van der Waals surface area contributed by atoms with Crippen LogP contribution in [0.5, 0.6) is 0 Å². The summed E-state index contributed by atoms with van der Waals surface area (Å²) in [6.07, 6.45) is 6.46. The van der Waals surface area contributed by atoms with Crippen molar-refractivity contribution in [2.24, 2.45) is 0 Å². The molecule has 0 aromatic rings. The minimum Gasteiger partial charge on any atom is -0.374 e. The molecular weight excluding hydrogens is 251 g/mol. The van der Waals surface area contributed by atoms with Crippen LogP contribution in [0.25, 0.3) is 0 Å². The molecule has 0 aromatic heterocycles. The summed E-state index contributed by atoms with van der Waals surface area (Å²) in [6, 6.07) is 0. The van der Waals surface area contributed by atoms with Crippen molar-refractivity contribution in [3.05, 3.63) is 0 Å². The average molecular weight is 268 g/mol. The third-order valence-electron chi connectivity index (χ3n) is 2.37. The van der Waals surface area contributed by atoms with Gasteiger partial charge in [0, 0.05) is 11.0 Å². The molecule has 0 atom stereocenters. The van der Waals surface area contributed by atoms with Crippen molar-refractivity contribution in [2.45, 2.75) is 44.6 Å². The monoisotopic (exact) mass is 268 g/mol. The van der Waals surface area contributed by atoms with Gasteiger partial charge in [0.2, 0.25) is 0 Å². The summed E-state index contributed by atoms with van der Waals surface area (Å²) in [5, 5.41) is 0. The van der Waals surface area contributed by atoms with Crippen LogP contribution in [0.15, 0.2) is 0 Å². The van der Waals surface area contributed by atoms with E-state index in [4.69, 9.17) is 4.74 Å². The van der Waals surface area contributed by atoms with Gasteiger partial charge >= 0.3 is 0 Å². The fraction of sp³-hybridized carbons (Fsp3) is 1.00. The molecular formula is C9H17IO. The highest BCUT2D eigenvalue weighted by atomic mass is 127. The second kappa shape index (κ2) is 4.65. The van der Waals surface area contributed by atoms with Crippen molar-refractivity contribution in [2.75, 3.05) is 11.0 Å². The Morgan fingerprint density at radius 1 is 1.36 bits per heavy atom. The molecule has 66 valence electrons. The van der Waals surface area contributed by atoms with Crippen LogP contribution in [-0.2, 0) is 4.74 Å². The van der Waals surface area contributed by atoms with Gasteiger partial charge in [-0.3, -0.25) is 0 Å². The third-order valence-corrected chi connectivity index (χ3v) is 3.76. The Hall–Kier alpha value is 0.690. The Morgan fingerprint density at radius 2 is 2.00 bits per heavy atom. The van der Waals surface area contributed by atoms with Gasteiger partial charge in [0.15, 0.2) is 0 Å². The fourth-order valence-corrected chi connectivity index (χ4v) is 2.64. The molecule has 0 aromatic carbocycles. The number of hydrogen-bond acceptors (Lipinski definition) is 1. The van der Waals surface area contributed by atoms with E-state index in [0.717, 1.165) is 13.0 Å². The molecule has 0 N–H and O–H groups in total. The molecule has 1 fully saturated rings. The van der Waals surface area contributed by atoms with E-state index < -0.39 is 0 Å². The third kappa shape index (κ3) is 2.58. The van der Waals surface area contributed by atoms with Gasteiger partial charge in [-0.05, 0) is 19.3 Å². The van der Waals surface area contributed by atoms with Crippen LogP contribution in [0.2, 0.25) is 0 Å². The lowest BCUT2D eigenvalue weighted by Crippen LogP contribution is -2.31. The molecule has 0 amide bonds. The Balaban J connectivity index is 2.33. The molecule has 0 aliphatic heterocycles. The number of alkyl halides is 1. The minimum absolute atomic E-state index is 0.274. The highest BCUT2D eigenvalue weighted by Gasteiger charge is 2.33. The van der Waals surface area contributed by atoms with Crippen LogP contribution >= 0.6 is 22.6 Å². The Bertz CT molecular complexity index is 108. The summed E-state index contributed by atoms with van der Waals surface area (Å²) in [5.74, 6) is 0. The van der Waals surface area contributed by atoms with E-state index in [1.165, 1.54) is 30.1 Å². The van der Waals surface area contributed by atoms with E-state index in [1.807, 2.05) is 0 Å². The van der Waals surface area contributed by atoms with Crippen LogP contribution in [0, 0.1) is 0 Å². The first-order valence-corrected chi connectivity index (χ1v) is 6.05. The van der Waals surface area contributed by atoms with E-state index >= 15 is 0 Å². The summed E-state index contributed by atoms with van der Waals surface area (Å²) in [7, 11) is 0. The van der Waals surface area contributed by atoms with Crippen molar-refractivity contribution < 1.29 is 4.74 Å². The summed E-state index contributed by atoms with van der Waals surface area (Å²) < 4.78 is 7.05. The molecule has 1 aliphatic carbocycles. The first-order valence-electron chi connectivity index (χ1n) is 4.53. The van der Waals surface area contributed by atoms with Crippen molar-refractivity contribution >= 4 is 22.6 Å². The Morgan fingerprint density at radius 3 is 2.45 bits per heavy atom. The van der Waals surface area contributed by atoms with Gasteiger partial charge in [-0.25, -0.2) is 0 Å². The topological polar surface area (TPSA) is 9.23 Å². The summed E-state index contributed by atoms with van der Waals surface area (Å²) in [6.45, 7) is 3.12. The Labute approximate surface area is 83.0 Å². The first kappa shape index (κ1) is 9.78. The van der Waals surface area contributed by atoms with Gasteiger partial charge in [0.05, 0.1) is 5.60 Å². The van der Waals surface area contributed by atoms with Gasteiger partial charge in [-0.1, -0.05) is 42.4 Å². The lowest BCUT2D eigenvalue weighted by atomic mass is 10.1. The molecule has 1 aliphatic rings. The molecule has 0 unspecified atom stereocenters. The average Bonchev–Trinajstić information content (AvgIpc) is 2.50. The molecule has 0 saturated heterocycles. The number of ether oxygens (including phenoxy) is 1. The summed E-state index contributed by atoms with van der Waals surface area (Å²) in [5.41, 5.74) is 0.274. The molecule has 0 radical (unpaired) electrons. The van der Waals surface area contributed by atoms with E-state index in [-0.39, 0.29) is 5.60 Å². The quantitative estimate of drug-likeness (QED) is 0.562. The van der Waals surface area contributed by atoms with Crippen molar-refractivity contribution in [1.29, 1.82) is 0 Å². The lowest BCUT2D eigenvalue weighted by molar-refractivity contribution is -0.0196. The van der Waals surface area contributed by atoms with E-state index in [1.54, 1.807) is 0 Å². The SMILES string of the molecule is CCCOC1(CI)CCCC1. The van der Waals surface area contributed by atoms with Crippen molar-refractivity contribution in [1.82, 2.24) is 0 Å². The summed E-state index contributed by atoms with van der Waals surface area (Å²) in [4.78, 5) is 0. The molecule has 1 rings (SSSR count). The maximum absolute atomic E-state index is 5.88. The zero-order valence-electron chi connectivity index (χ0n) is 7.24. The fourth-order valence-electron chi connectivity index (χ4n) is 1.65. The minimum atomic E-state index is 0.274. The molecule has 2 heteroatoms. The van der Waals surface area contributed by atoms with Crippen LogP contribution in [0.4, 0.5) is 0 Å². The molecule has 11 heavy (non-hydrogen) atoms. The van der Waals surface area contributed by atoms with E-state index in [2.05, 4.69) is 29.5 Å². The largest absolute Gasteiger partial charge is 0.374 e. The number of halogens is 1. The van der Waals surface area contributed by atoms with Crippen LogP contribution < -0.4 is 0 Å². The smallest absolute Gasteiger partial charge is 0.0771 e. The highest BCUT2D eigenvalue weighted by molar-refractivity contribution is 14.1. The lowest BCUT2D eigenvalue weighted by Gasteiger charge is -2.26. The normalized spacial score (nSPS) is 22.4. The number of rotatable bonds is 4. The zero-order valence-corrected chi connectivity index (χ0v) is 9.39. The Kier molecular flexibility index (Phi) is 4.13. The number of hydrogen-bond donors (Lipinski definition) is 0. The second-order valence-electron chi connectivity index (χ2n) is 3.37.